The Morgan fingerprint density at radius 3 is 2.60 bits per heavy atom. The maximum absolute atomic E-state index is 12.1. The van der Waals surface area contributed by atoms with E-state index in [9.17, 15) is 13.2 Å². The highest BCUT2D eigenvalue weighted by Crippen LogP contribution is 2.31. The predicted molar refractivity (Wildman–Crippen MR) is 71.5 cm³/mol. The molecule has 1 aromatic rings. The van der Waals surface area contributed by atoms with Gasteiger partial charge in [0.15, 0.2) is 0 Å². The monoisotopic (exact) mass is 353 g/mol. The molecule has 1 fully saturated rings. The van der Waals surface area contributed by atoms with Crippen LogP contribution in [0, 0.1) is 0 Å². The Balaban J connectivity index is 1.91. The maximum Gasteiger partial charge on any atom is 0.573 e. The molecule has 1 saturated heterocycles. The van der Waals surface area contributed by atoms with Crippen molar-refractivity contribution in [2.45, 2.75) is 31.8 Å². The minimum atomic E-state index is -4.68. The second kappa shape index (κ2) is 6.78. The first-order valence-corrected chi connectivity index (χ1v) is 7.08. The van der Waals surface area contributed by atoms with Crippen molar-refractivity contribution in [2.75, 3.05) is 13.2 Å². The highest BCUT2D eigenvalue weighted by molar-refractivity contribution is 9.10. The molecule has 0 unspecified atom stereocenters. The van der Waals surface area contributed by atoms with Gasteiger partial charge in [-0.2, -0.15) is 0 Å². The summed E-state index contributed by atoms with van der Waals surface area (Å²) < 4.78 is 45.9. The molecule has 0 amide bonds. The first-order chi connectivity index (χ1) is 9.44. The minimum Gasteiger partial charge on any atom is -0.405 e. The lowest BCUT2D eigenvalue weighted by molar-refractivity contribution is -0.274. The molecule has 0 radical (unpaired) electrons. The van der Waals surface area contributed by atoms with Crippen LogP contribution in [0.2, 0.25) is 0 Å². The van der Waals surface area contributed by atoms with Crippen molar-refractivity contribution in [3.05, 3.63) is 28.2 Å². The van der Waals surface area contributed by atoms with Gasteiger partial charge in [-0.05, 0) is 46.5 Å². The number of rotatable bonds is 4. The maximum atomic E-state index is 12.1. The van der Waals surface area contributed by atoms with Gasteiger partial charge in [0.05, 0.1) is 4.47 Å². The van der Waals surface area contributed by atoms with Crippen LogP contribution in [0.1, 0.15) is 18.4 Å². The fraction of sp³-hybridized carbons (Fsp3) is 0.538. The number of nitrogens with one attached hydrogen (secondary N) is 1. The topological polar surface area (TPSA) is 30.5 Å². The van der Waals surface area contributed by atoms with Crippen molar-refractivity contribution in [3.8, 4) is 5.75 Å². The molecule has 0 aromatic heterocycles. The van der Waals surface area contributed by atoms with Crippen LogP contribution < -0.4 is 10.1 Å². The van der Waals surface area contributed by atoms with Gasteiger partial charge in [-0.25, -0.2) is 0 Å². The molecule has 7 heteroatoms. The zero-order valence-electron chi connectivity index (χ0n) is 10.7. The van der Waals surface area contributed by atoms with Crippen LogP contribution in [0.4, 0.5) is 13.2 Å². The van der Waals surface area contributed by atoms with Crippen molar-refractivity contribution in [1.82, 2.24) is 5.32 Å². The van der Waals surface area contributed by atoms with Gasteiger partial charge in [0.1, 0.15) is 5.75 Å². The summed E-state index contributed by atoms with van der Waals surface area (Å²) in [6.07, 6.45) is -2.77. The van der Waals surface area contributed by atoms with E-state index in [2.05, 4.69) is 26.0 Å². The van der Waals surface area contributed by atoms with E-state index in [1.54, 1.807) is 12.1 Å². The Bertz CT molecular complexity index is 448. The molecule has 0 spiro atoms. The fourth-order valence-electron chi connectivity index (χ4n) is 2.03. The SMILES string of the molecule is FC(F)(F)Oc1ccc(CNC2CCOCC2)cc1Br. The Morgan fingerprint density at radius 2 is 2.00 bits per heavy atom. The summed E-state index contributed by atoms with van der Waals surface area (Å²) in [5.74, 6) is -0.229. The van der Waals surface area contributed by atoms with Gasteiger partial charge in [0.2, 0.25) is 0 Å². The number of hydrogen-bond acceptors (Lipinski definition) is 3. The zero-order valence-corrected chi connectivity index (χ0v) is 12.3. The lowest BCUT2D eigenvalue weighted by Crippen LogP contribution is -2.34. The van der Waals surface area contributed by atoms with Crippen LogP contribution >= 0.6 is 15.9 Å². The molecule has 112 valence electrons. The summed E-state index contributed by atoms with van der Waals surface area (Å²) in [5, 5.41) is 3.37. The Morgan fingerprint density at radius 1 is 1.30 bits per heavy atom. The van der Waals surface area contributed by atoms with Crippen LogP contribution in [0.15, 0.2) is 22.7 Å². The number of alkyl halides is 3. The van der Waals surface area contributed by atoms with E-state index in [-0.39, 0.29) is 5.75 Å². The lowest BCUT2D eigenvalue weighted by atomic mass is 10.1. The second-order valence-electron chi connectivity index (χ2n) is 4.58. The fourth-order valence-corrected chi connectivity index (χ4v) is 2.53. The summed E-state index contributed by atoms with van der Waals surface area (Å²) in [6.45, 7) is 2.11. The van der Waals surface area contributed by atoms with E-state index >= 15 is 0 Å². The molecule has 0 atom stereocenters. The van der Waals surface area contributed by atoms with Crippen LogP contribution in [0.5, 0.6) is 5.75 Å². The highest BCUT2D eigenvalue weighted by atomic mass is 79.9. The largest absolute Gasteiger partial charge is 0.573 e. The van der Waals surface area contributed by atoms with Crippen molar-refractivity contribution in [2.24, 2.45) is 0 Å². The second-order valence-corrected chi connectivity index (χ2v) is 5.43. The van der Waals surface area contributed by atoms with Crippen molar-refractivity contribution in [1.29, 1.82) is 0 Å². The molecule has 0 saturated carbocycles. The summed E-state index contributed by atoms with van der Waals surface area (Å²) in [5.41, 5.74) is 0.901. The van der Waals surface area contributed by atoms with Gasteiger partial charge in [-0.3, -0.25) is 0 Å². The van der Waals surface area contributed by atoms with Gasteiger partial charge in [0, 0.05) is 25.8 Å². The van der Waals surface area contributed by atoms with E-state index in [1.807, 2.05) is 0 Å². The first-order valence-electron chi connectivity index (χ1n) is 6.29. The quantitative estimate of drug-likeness (QED) is 0.896. The molecule has 1 heterocycles. The molecule has 3 nitrogen and oxygen atoms in total. The van der Waals surface area contributed by atoms with Gasteiger partial charge in [-0.15, -0.1) is 13.2 Å². The van der Waals surface area contributed by atoms with Crippen molar-refractivity contribution in [3.63, 3.8) is 0 Å². The Hall–Kier alpha value is -0.790. The molecule has 1 N–H and O–H groups in total. The predicted octanol–water partition coefficient (Wildman–Crippen LogP) is 3.62. The number of halogens is 4. The van der Waals surface area contributed by atoms with Crippen LogP contribution in [-0.4, -0.2) is 25.6 Å². The van der Waals surface area contributed by atoms with Gasteiger partial charge >= 0.3 is 6.36 Å². The third-order valence-corrected chi connectivity index (χ3v) is 3.66. The summed E-state index contributed by atoms with van der Waals surface area (Å²) >= 11 is 3.09. The summed E-state index contributed by atoms with van der Waals surface area (Å²) in [7, 11) is 0. The number of hydrogen-bond donors (Lipinski definition) is 1. The van der Waals surface area contributed by atoms with E-state index in [0.29, 0.717) is 17.1 Å². The van der Waals surface area contributed by atoms with Crippen LogP contribution in [0.3, 0.4) is 0 Å². The van der Waals surface area contributed by atoms with Gasteiger partial charge in [0.25, 0.3) is 0 Å². The average molecular weight is 354 g/mol. The molecule has 2 rings (SSSR count). The molecule has 1 aliphatic heterocycles. The molecule has 0 aliphatic carbocycles. The van der Waals surface area contributed by atoms with Crippen molar-refractivity contribution >= 4 is 15.9 Å². The third-order valence-electron chi connectivity index (χ3n) is 3.04. The molecule has 20 heavy (non-hydrogen) atoms. The Kier molecular flexibility index (Phi) is 5.29. The first kappa shape index (κ1) is 15.6. The highest BCUT2D eigenvalue weighted by Gasteiger charge is 2.31. The minimum absolute atomic E-state index is 0.229. The third kappa shape index (κ3) is 4.96. The molecule has 0 bridgehead atoms. The molecule has 1 aromatic carbocycles. The van der Waals surface area contributed by atoms with E-state index in [1.165, 1.54) is 6.07 Å². The molecule has 1 aliphatic rings. The normalized spacial score (nSPS) is 17.2. The summed E-state index contributed by atoms with van der Waals surface area (Å²) in [6, 6.07) is 4.97. The average Bonchev–Trinajstić information content (AvgIpc) is 2.39. The van der Waals surface area contributed by atoms with Crippen LogP contribution in [-0.2, 0) is 11.3 Å². The smallest absolute Gasteiger partial charge is 0.405 e. The number of benzene rings is 1. The molecular formula is C13H15BrF3NO2. The van der Waals surface area contributed by atoms with Gasteiger partial charge in [-0.1, -0.05) is 6.07 Å². The summed E-state index contributed by atoms with van der Waals surface area (Å²) in [4.78, 5) is 0. The molecular weight excluding hydrogens is 339 g/mol. The lowest BCUT2D eigenvalue weighted by Gasteiger charge is -2.23. The Labute approximate surface area is 123 Å². The van der Waals surface area contributed by atoms with E-state index < -0.39 is 6.36 Å². The van der Waals surface area contributed by atoms with E-state index in [0.717, 1.165) is 31.6 Å². The van der Waals surface area contributed by atoms with Gasteiger partial charge < -0.3 is 14.8 Å². The van der Waals surface area contributed by atoms with Crippen molar-refractivity contribution < 1.29 is 22.6 Å². The van der Waals surface area contributed by atoms with E-state index in [4.69, 9.17) is 4.74 Å². The number of ether oxygens (including phenoxy) is 2. The standard InChI is InChI=1S/C13H15BrF3NO2/c14-11-7-9(1-2-12(11)20-13(15,16)17)8-18-10-3-5-19-6-4-10/h1-2,7,10,18H,3-6,8H2. The van der Waals surface area contributed by atoms with Crippen LogP contribution in [0.25, 0.3) is 0 Å². The zero-order chi connectivity index (χ0) is 14.6.